The molecule has 0 N–H and O–H groups in total. The van der Waals surface area contributed by atoms with Crippen LogP contribution in [0.5, 0.6) is 0 Å². The number of hydrogen-bond acceptors (Lipinski definition) is 4. The Kier molecular flexibility index (Phi) is 5.19. The van der Waals surface area contributed by atoms with Gasteiger partial charge >= 0.3 is 11.9 Å². The molecule has 1 rings (SSSR count). The summed E-state index contributed by atoms with van der Waals surface area (Å²) in [5.41, 5.74) is 2.47. The highest BCUT2D eigenvalue weighted by Crippen LogP contribution is 2.34. The molecule has 4 nitrogen and oxygen atoms in total. The molecule has 96 valence electrons. The SMILES string of the molecule is CCOC(=O)C(CC(C)=C1CC1)C(=O)OCC. The molecule has 0 radical (unpaired) electrons. The van der Waals surface area contributed by atoms with Gasteiger partial charge in [0.15, 0.2) is 5.92 Å². The Morgan fingerprint density at radius 2 is 1.59 bits per heavy atom. The summed E-state index contributed by atoms with van der Waals surface area (Å²) in [7, 11) is 0. The fourth-order valence-electron chi connectivity index (χ4n) is 1.69. The van der Waals surface area contributed by atoms with Gasteiger partial charge in [0.05, 0.1) is 13.2 Å². The summed E-state index contributed by atoms with van der Waals surface area (Å²) >= 11 is 0. The van der Waals surface area contributed by atoms with E-state index < -0.39 is 17.9 Å². The minimum atomic E-state index is -0.803. The van der Waals surface area contributed by atoms with E-state index in [0.717, 1.165) is 18.4 Å². The highest BCUT2D eigenvalue weighted by molar-refractivity contribution is 5.95. The topological polar surface area (TPSA) is 52.6 Å². The number of carbonyl (C=O) groups excluding carboxylic acids is 2. The molecular formula is C13H20O4. The van der Waals surface area contributed by atoms with E-state index in [0.29, 0.717) is 6.42 Å². The first kappa shape index (κ1) is 13.7. The monoisotopic (exact) mass is 240 g/mol. The highest BCUT2D eigenvalue weighted by atomic mass is 16.6. The number of hydrogen-bond donors (Lipinski definition) is 0. The van der Waals surface area contributed by atoms with Crippen molar-refractivity contribution in [2.45, 2.75) is 40.0 Å². The van der Waals surface area contributed by atoms with Gasteiger partial charge in [-0.2, -0.15) is 0 Å². The van der Waals surface area contributed by atoms with Crippen LogP contribution >= 0.6 is 0 Å². The molecular weight excluding hydrogens is 220 g/mol. The zero-order valence-corrected chi connectivity index (χ0v) is 10.7. The maximum atomic E-state index is 11.7. The smallest absolute Gasteiger partial charge is 0.320 e. The summed E-state index contributed by atoms with van der Waals surface area (Å²) in [6, 6.07) is 0. The lowest BCUT2D eigenvalue weighted by Gasteiger charge is -2.14. The van der Waals surface area contributed by atoms with Crippen molar-refractivity contribution in [1.82, 2.24) is 0 Å². The number of rotatable bonds is 6. The normalized spacial score (nSPS) is 13.5. The van der Waals surface area contributed by atoms with Crippen LogP contribution in [0.15, 0.2) is 11.1 Å². The number of ether oxygens (including phenoxy) is 2. The molecule has 0 aromatic rings. The molecule has 0 bridgehead atoms. The molecule has 0 heterocycles. The Morgan fingerprint density at radius 3 is 1.94 bits per heavy atom. The molecule has 1 fully saturated rings. The van der Waals surface area contributed by atoms with Crippen LogP contribution in [0.4, 0.5) is 0 Å². The van der Waals surface area contributed by atoms with E-state index >= 15 is 0 Å². The third-order valence-electron chi connectivity index (χ3n) is 2.76. The van der Waals surface area contributed by atoms with E-state index in [1.165, 1.54) is 5.57 Å². The molecule has 0 amide bonds. The van der Waals surface area contributed by atoms with Gasteiger partial charge < -0.3 is 9.47 Å². The highest BCUT2D eigenvalue weighted by Gasteiger charge is 2.31. The van der Waals surface area contributed by atoms with Crippen molar-refractivity contribution in [2.24, 2.45) is 5.92 Å². The van der Waals surface area contributed by atoms with Crippen LogP contribution in [0.3, 0.4) is 0 Å². The molecule has 0 saturated heterocycles. The van der Waals surface area contributed by atoms with Crippen LogP contribution in [0.2, 0.25) is 0 Å². The van der Waals surface area contributed by atoms with Crippen molar-refractivity contribution in [3.8, 4) is 0 Å². The predicted molar refractivity (Wildman–Crippen MR) is 63.3 cm³/mol. The standard InChI is InChI=1S/C13H20O4/c1-4-16-12(14)11(13(15)17-5-2)8-9(3)10-6-7-10/h11H,4-8H2,1-3H3. The Labute approximate surface area is 102 Å². The van der Waals surface area contributed by atoms with E-state index in [9.17, 15) is 9.59 Å². The number of esters is 2. The molecule has 0 atom stereocenters. The second-order valence-electron chi connectivity index (χ2n) is 4.14. The molecule has 0 aliphatic heterocycles. The Hall–Kier alpha value is -1.32. The molecule has 1 saturated carbocycles. The van der Waals surface area contributed by atoms with E-state index in [1.807, 2.05) is 6.92 Å². The average Bonchev–Trinajstić information content (AvgIpc) is 3.09. The van der Waals surface area contributed by atoms with Crippen molar-refractivity contribution >= 4 is 11.9 Å². The summed E-state index contributed by atoms with van der Waals surface area (Å²) in [5, 5.41) is 0. The van der Waals surface area contributed by atoms with Crippen LogP contribution in [0, 0.1) is 5.92 Å². The minimum Gasteiger partial charge on any atom is -0.465 e. The van der Waals surface area contributed by atoms with Gasteiger partial charge in [-0.3, -0.25) is 9.59 Å². The van der Waals surface area contributed by atoms with Gasteiger partial charge in [-0.15, -0.1) is 0 Å². The molecule has 17 heavy (non-hydrogen) atoms. The van der Waals surface area contributed by atoms with Crippen LogP contribution in [-0.4, -0.2) is 25.2 Å². The minimum absolute atomic E-state index is 0.282. The van der Waals surface area contributed by atoms with E-state index in [4.69, 9.17) is 9.47 Å². The molecule has 1 aliphatic carbocycles. The fraction of sp³-hybridized carbons (Fsp3) is 0.692. The van der Waals surface area contributed by atoms with Gasteiger partial charge in [-0.1, -0.05) is 11.1 Å². The van der Waals surface area contributed by atoms with Crippen molar-refractivity contribution in [3.63, 3.8) is 0 Å². The molecule has 0 aromatic heterocycles. The Morgan fingerprint density at radius 1 is 1.12 bits per heavy atom. The lowest BCUT2D eigenvalue weighted by molar-refractivity contribution is -0.161. The fourth-order valence-corrected chi connectivity index (χ4v) is 1.69. The third kappa shape index (κ3) is 4.21. The maximum absolute atomic E-state index is 11.7. The summed E-state index contributed by atoms with van der Waals surface area (Å²) < 4.78 is 9.82. The molecule has 0 unspecified atom stereocenters. The lowest BCUT2D eigenvalue weighted by Crippen LogP contribution is -2.28. The quantitative estimate of drug-likeness (QED) is 0.406. The van der Waals surface area contributed by atoms with Crippen molar-refractivity contribution in [2.75, 3.05) is 13.2 Å². The van der Waals surface area contributed by atoms with Crippen LogP contribution in [0.25, 0.3) is 0 Å². The zero-order valence-electron chi connectivity index (χ0n) is 10.7. The molecule has 4 heteroatoms. The van der Waals surface area contributed by atoms with E-state index in [-0.39, 0.29) is 13.2 Å². The van der Waals surface area contributed by atoms with Crippen LogP contribution < -0.4 is 0 Å². The first-order valence-corrected chi connectivity index (χ1v) is 6.10. The molecule has 0 aromatic carbocycles. The summed E-state index contributed by atoms with van der Waals surface area (Å²) in [4.78, 5) is 23.4. The maximum Gasteiger partial charge on any atom is 0.320 e. The third-order valence-corrected chi connectivity index (χ3v) is 2.76. The van der Waals surface area contributed by atoms with Gasteiger partial charge in [0.2, 0.25) is 0 Å². The van der Waals surface area contributed by atoms with Crippen molar-refractivity contribution in [1.29, 1.82) is 0 Å². The summed E-state index contributed by atoms with van der Waals surface area (Å²) in [6.45, 7) is 5.99. The number of carbonyl (C=O) groups is 2. The van der Waals surface area contributed by atoms with Gasteiger partial charge in [-0.05, 0) is 40.0 Å². The second-order valence-corrected chi connectivity index (χ2v) is 4.14. The Balaban J connectivity index is 2.67. The van der Waals surface area contributed by atoms with Gasteiger partial charge in [-0.25, -0.2) is 0 Å². The first-order valence-electron chi connectivity index (χ1n) is 6.10. The van der Waals surface area contributed by atoms with Gasteiger partial charge in [0.1, 0.15) is 0 Å². The van der Waals surface area contributed by atoms with E-state index in [2.05, 4.69) is 0 Å². The van der Waals surface area contributed by atoms with Crippen molar-refractivity contribution in [3.05, 3.63) is 11.1 Å². The first-order chi connectivity index (χ1) is 8.10. The van der Waals surface area contributed by atoms with Gasteiger partial charge in [0, 0.05) is 0 Å². The summed E-state index contributed by atoms with van der Waals surface area (Å²) in [6.07, 6.45) is 2.60. The molecule has 1 aliphatic rings. The van der Waals surface area contributed by atoms with E-state index in [1.54, 1.807) is 13.8 Å². The Bertz CT molecular complexity index is 306. The zero-order chi connectivity index (χ0) is 12.8. The second kappa shape index (κ2) is 6.42. The predicted octanol–water partition coefficient (Wildman–Crippen LogP) is 2.23. The van der Waals surface area contributed by atoms with Gasteiger partial charge in [0.25, 0.3) is 0 Å². The summed E-state index contributed by atoms with van der Waals surface area (Å²) in [5.74, 6) is -1.76. The number of allylic oxidation sites excluding steroid dienone is 2. The van der Waals surface area contributed by atoms with Crippen LogP contribution in [0.1, 0.15) is 40.0 Å². The van der Waals surface area contributed by atoms with Crippen molar-refractivity contribution < 1.29 is 19.1 Å². The van der Waals surface area contributed by atoms with Crippen LogP contribution in [-0.2, 0) is 19.1 Å². The lowest BCUT2D eigenvalue weighted by atomic mass is 10.00. The molecule has 0 spiro atoms. The average molecular weight is 240 g/mol. The largest absolute Gasteiger partial charge is 0.465 e.